The zero-order valence-corrected chi connectivity index (χ0v) is 12.9. The first-order valence-electron chi connectivity index (χ1n) is 7.30. The van der Waals surface area contributed by atoms with Gasteiger partial charge in [0.2, 0.25) is 0 Å². The van der Waals surface area contributed by atoms with Crippen LogP contribution in [0.4, 0.5) is 4.79 Å². The Morgan fingerprint density at radius 2 is 1.45 bits per heavy atom. The van der Waals surface area contributed by atoms with Crippen molar-refractivity contribution in [3.05, 3.63) is 0 Å². The molecule has 0 heterocycles. The SMILES string of the molecule is CC(C)(C)NCCCCCNC(=O)NCCCC(=O)O. The summed E-state index contributed by atoms with van der Waals surface area (Å²) in [4.78, 5) is 21.6. The molecule has 118 valence electrons. The number of unbranched alkanes of at least 4 members (excludes halogenated alkanes) is 2. The van der Waals surface area contributed by atoms with Crippen LogP contribution in [-0.2, 0) is 4.79 Å². The largest absolute Gasteiger partial charge is 0.481 e. The molecule has 0 spiro atoms. The Kier molecular flexibility index (Phi) is 9.80. The summed E-state index contributed by atoms with van der Waals surface area (Å²) < 4.78 is 0. The van der Waals surface area contributed by atoms with Gasteiger partial charge in [0.25, 0.3) is 0 Å². The highest BCUT2D eigenvalue weighted by molar-refractivity contribution is 5.73. The third-order valence-electron chi connectivity index (χ3n) is 2.65. The summed E-state index contributed by atoms with van der Waals surface area (Å²) in [5.74, 6) is -0.837. The van der Waals surface area contributed by atoms with E-state index in [1.54, 1.807) is 0 Å². The summed E-state index contributed by atoms with van der Waals surface area (Å²) in [6.07, 6.45) is 3.66. The number of rotatable bonds is 10. The summed E-state index contributed by atoms with van der Waals surface area (Å²) in [7, 11) is 0. The van der Waals surface area contributed by atoms with Crippen LogP contribution in [-0.4, -0.2) is 42.3 Å². The molecule has 0 atom stereocenters. The van der Waals surface area contributed by atoms with Crippen LogP contribution in [0.25, 0.3) is 0 Å². The molecule has 2 amide bonds. The second kappa shape index (κ2) is 10.5. The molecule has 0 aromatic rings. The molecule has 0 unspecified atom stereocenters. The smallest absolute Gasteiger partial charge is 0.314 e. The highest BCUT2D eigenvalue weighted by Gasteiger charge is 2.06. The van der Waals surface area contributed by atoms with Gasteiger partial charge in [0, 0.05) is 25.0 Å². The quantitative estimate of drug-likeness (QED) is 0.460. The van der Waals surface area contributed by atoms with E-state index in [1.165, 1.54) is 0 Å². The summed E-state index contributed by atoms with van der Waals surface area (Å²) in [5.41, 5.74) is 0.161. The van der Waals surface area contributed by atoms with Crippen LogP contribution in [0.1, 0.15) is 52.9 Å². The fourth-order valence-corrected chi connectivity index (χ4v) is 1.60. The van der Waals surface area contributed by atoms with Crippen molar-refractivity contribution in [2.75, 3.05) is 19.6 Å². The molecule has 0 bridgehead atoms. The summed E-state index contributed by atoms with van der Waals surface area (Å²) in [6.45, 7) is 8.47. The highest BCUT2D eigenvalue weighted by atomic mass is 16.4. The van der Waals surface area contributed by atoms with Crippen LogP contribution >= 0.6 is 0 Å². The van der Waals surface area contributed by atoms with Gasteiger partial charge < -0.3 is 21.1 Å². The van der Waals surface area contributed by atoms with Crippen molar-refractivity contribution in [1.29, 1.82) is 0 Å². The monoisotopic (exact) mass is 287 g/mol. The maximum Gasteiger partial charge on any atom is 0.314 e. The molecule has 0 aromatic carbocycles. The summed E-state index contributed by atoms with van der Waals surface area (Å²) >= 11 is 0. The average molecular weight is 287 g/mol. The molecule has 0 rings (SSSR count). The first-order chi connectivity index (χ1) is 9.31. The van der Waals surface area contributed by atoms with Crippen molar-refractivity contribution in [2.24, 2.45) is 0 Å². The Hall–Kier alpha value is -1.30. The Balaban J connectivity index is 3.29. The normalized spacial score (nSPS) is 11.2. The molecule has 0 fully saturated rings. The van der Waals surface area contributed by atoms with Crippen LogP contribution in [0.15, 0.2) is 0 Å². The highest BCUT2D eigenvalue weighted by Crippen LogP contribution is 2.00. The Bertz CT molecular complexity index is 288. The van der Waals surface area contributed by atoms with Gasteiger partial charge in [-0.3, -0.25) is 4.79 Å². The molecule has 6 heteroatoms. The van der Waals surface area contributed by atoms with E-state index >= 15 is 0 Å². The van der Waals surface area contributed by atoms with Crippen LogP contribution in [0.2, 0.25) is 0 Å². The number of carboxylic acids is 1. The van der Waals surface area contributed by atoms with Gasteiger partial charge in [0.15, 0.2) is 0 Å². The summed E-state index contributed by atoms with van der Waals surface area (Å²) in [5, 5.41) is 17.3. The minimum atomic E-state index is -0.837. The van der Waals surface area contributed by atoms with Crippen molar-refractivity contribution in [2.45, 2.75) is 58.4 Å². The standard InChI is InChI=1S/C14H29N3O3/c1-14(2,3)17-11-6-4-5-9-15-13(20)16-10-7-8-12(18)19/h17H,4-11H2,1-3H3,(H,18,19)(H2,15,16,20). The van der Waals surface area contributed by atoms with E-state index in [0.717, 1.165) is 25.8 Å². The predicted molar refractivity (Wildman–Crippen MR) is 79.9 cm³/mol. The number of aliphatic carboxylic acids is 1. The lowest BCUT2D eigenvalue weighted by Gasteiger charge is -2.20. The van der Waals surface area contributed by atoms with E-state index in [4.69, 9.17) is 5.11 Å². The first-order valence-corrected chi connectivity index (χ1v) is 7.30. The number of amides is 2. The maximum absolute atomic E-state index is 11.3. The van der Waals surface area contributed by atoms with Crippen LogP contribution < -0.4 is 16.0 Å². The molecule has 0 aliphatic rings. The molecular formula is C14H29N3O3. The number of carboxylic acid groups (broad SMARTS) is 1. The van der Waals surface area contributed by atoms with Crippen molar-refractivity contribution >= 4 is 12.0 Å². The van der Waals surface area contributed by atoms with Gasteiger partial charge in [-0.15, -0.1) is 0 Å². The lowest BCUT2D eigenvalue weighted by molar-refractivity contribution is -0.137. The average Bonchev–Trinajstić information content (AvgIpc) is 2.32. The van der Waals surface area contributed by atoms with Gasteiger partial charge >= 0.3 is 12.0 Å². The molecule has 20 heavy (non-hydrogen) atoms. The molecule has 0 radical (unpaired) electrons. The van der Waals surface area contributed by atoms with Gasteiger partial charge in [-0.05, 0) is 46.6 Å². The van der Waals surface area contributed by atoms with E-state index in [2.05, 4.69) is 36.7 Å². The lowest BCUT2D eigenvalue weighted by Crippen LogP contribution is -2.37. The maximum atomic E-state index is 11.3. The molecule has 6 nitrogen and oxygen atoms in total. The van der Waals surface area contributed by atoms with E-state index in [-0.39, 0.29) is 18.0 Å². The molecular weight excluding hydrogens is 258 g/mol. The van der Waals surface area contributed by atoms with Gasteiger partial charge in [-0.25, -0.2) is 4.79 Å². The molecule has 0 aromatic heterocycles. The second-order valence-corrected chi connectivity index (χ2v) is 5.92. The van der Waals surface area contributed by atoms with Crippen molar-refractivity contribution in [3.8, 4) is 0 Å². The zero-order chi connectivity index (χ0) is 15.4. The summed E-state index contributed by atoms with van der Waals surface area (Å²) in [6, 6.07) is -0.219. The minimum Gasteiger partial charge on any atom is -0.481 e. The number of nitrogens with one attached hydrogen (secondary N) is 3. The van der Waals surface area contributed by atoms with Crippen LogP contribution in [0.3, 0.4) is 0 Å². The minimum absolute atomic E-state index is 0.0844. The van der Waals surface area contributed by atoms with Gasteiger partial charge in [0.05, 0.1) is 0 Å². The third-order valence-corrected chi connectivity index (χ3v) is 2.65. The number of carbonyl (C=O) groups is 2. The first kappa shape index (κ1) is 18.7. The number of hydrogen-bond donors (Lipinski definition) is 4. The fourth-order valence-electron chi connectivity index (χ4n) is 1.60. The fraction of sp³-hybridized carbons (Fsp3) is 0.857. The number of carbonyl (C=O) groups excluding carboxylic acids is 1. The van der Waals surface area contributed by atoms with E-state index in [1.807, 2.05) is 0 Å². The van der Waals surface area contributed by atoms with Crippen LogP contribution in [0.5, 0.6) is 0 Å². The van der Waals surface area contributed by atoms with Crippen LogP contribution in [0, 0.1) is 0 Å². The molecule has 0 saturated heterocycles. The topological polar surface area (TPSA) is 90.5 Å². The van der Waals surface area contributed by atoms with Crippen molar-refractivity contribution in [1.82, 2.24) is 16.0 Å². The van der Waals surface area contributed by atoms with E-state index in [9.17, 15) is 9.59 Å². The molecule has 0 saturated carbocycles. The third kappa shape index (κ3) is 14.8. The van der Waals surface area contributed by atoms with Crippen molar-refractivity contribution < 1.29 is 14.7 Å². The predicted octanol–water partition coefficient (Wildman–Crippen LogP) is 1.71. The Morgan fingerprint density at radius 1 is 0.900 bits per heavy atom. The Morgan fingerprint density at radius 3 is 2.00 bits per heavy atom. The van der Waals surface area contributed by atoms with E-state index < -0.39 is 5.97 Å². The lowest BCUT2D eigenvalue weighted by atomic mass is 10.1. The van der Waals surface area contributed by atoms with E-state index in [0.29, 0.717) is 19.5 Å². The van der Waals surface area contributed by atoms with Gasteiger partial charge in [-0.1, -0.05) is 6.42 Å². The molecule has 4 N–H and O–H groups in total. The van der Waals surface area contributed by atoms with Crippen molar-refractivity contribution in [3.63, 3.8) is 0 Å². The molecule has 0 aliphatic carbocycles. The Labute approximate surface area is 121 Å². The second-order valence-electron chi connectivity index (χ2n) is 5.92. The number of urea groups is 1. The van der Waals surface area contributed by atoms with Gasteiger partial charge in [-0.2, -0.15) is 0 Å². The van der Waals surface area contributed by atoms with Gasteiger partial charge in [0.1, 0.15) is 0 Å². The number of hydrogen-bond acceptors (Lipinski definition) is 3. The molecule has 0 aliphatic heterocycles. The zero-order valence-electron chi connectivity index (χ0n) is 12.9.